The van der Waals surface area contributed by atoms with Gasteiger partial charge in [-0.05, 0) is 39.8 Å². The highest BCUT2D eigenvalue weighted by Gasteiger charge is 2.27. The number of carbonyl (C=O) groups excluding carboxylic acids is 1. The monoisotopic (exact) mass is 347 g/mol. The van der Waals surface area contributed by atoms with Crippen molar-refractivity contribution >= 4 is 32.4 Å². The Bertz CT molecular complexity index is 620. The second kappa shape index (κ2) is 6.99. The van der Waals surface area contributed by atoms with Gasteiger partial charge in [0, 0.05) is 19.0 Å². The molecule has 0 radical (unpaired) electrons. The molecule has 1 aliphatic rings. The number of hydrogen-bond donors (Lipinski definition) is 2. The predicted octanol–water partition coefficient (Wildman–Crippen LogP) is 0.648. The molecule has 2 rings (SSSR count). The van der Waals surface area contributed by atoms with Gasteiger partial charge in [0.15, 0.2) is 0 Å². The fourth-order valence-electron chi connectivity index (χ4n) is 2.32. The van der Waals surface area contributed by atoms with Crippen molar-refractivity contribution in [3.63, 3.8) is 0 Å². The molecule has 1 saturated heterocycles. The van der Waals surface area contributed by atoms with Gasteiger partial charge in [-0.15, -0.1) is 10.2 Å². The Morgan fingerprint density at radius 1 is 1.32 bits per heavy atom. The Kier molecular flexibility index (Phi) is 5.48. The molecule has 0 atom stereocenters. The number of anilines is 1. The maximum Gasteiger partial charge on any atom is 0.270 e. The summed E-state index contributed by atoms with van der Waals surface area (Å²) in [5, 5.41) is 9.91. The fourth-order valence-corrected chi connectivity index (χ4v) is 4.59. The molecule has 124 valence electrons. The Labute approximate surface area is 134 Å². The number of hydrogen-bond acceptors (Lipinski definition) is 7. The van der Waals surface area contributed by atoms with Crippen LogP contribution in [0.2, 0.25) is 0 Å². The van der Waals surface area contributed by atoms with Gasteiger partial charge in [0.2, 0.25) is 15.4 Å². The summed E-state index contributed by atoms with van der Waals surface area (Å²) >= 11 is 0.847. The average molecular weight is 347 g/mol. The van der Waals surface area contributed by atoms with Crippen LogP contribution in [0.1, 0.15) is 33.6 Å². The second-order valence-corrected chi connectivity index (χ2v) is 8.44. The van der Waals surface area contributed by atoms with Gasteiger partial charge in [0.1, 0.15) is 0 Å². The van der Waals surface area contributed by atoms with Gasteiger partial charge < -0.3 is 10.2 Å². The number of carbonyl (C=O) groups is 1. The summed E-state index contributed by atoms with van der Waals surface area (Å²) < 4.78 is 27.1. The lowest BCUT2D eigenvalue weighted by Crippen LogP contribution is -2.46. The molecular formula is C12H21N5O3S2. The van der Waals surface area contributed by atoms with Crippen LogP contribution in [0, 0.1) is 0 Å². The number of aromatic nitrogens is 2. The number of piperidine rings is 1. The number of likely N-dealkylation sites (tertiary alicyclic amines) is 1. The summed E-state index contributed by atoms with van der Waals surface area (Å²) in [5.41, 5.74) is 0. The van der Waals surface area contributed by atoms with Crippen LogP contribution in [0.5, 0.6) is 0 Å². The topological polar surface area (TPSA) is 104 Å². The Morgan fingerprint density at radius 2 is 1.95 bits per heavy atom. The van der Waals surface area contributed by atoms with Crippen LogP contribution in [0.4, 0.5) is 5.13 Å². The molecule has 0 spiro atoms. The van der Waals surface area contributed by atoms with Gasteiger partial charge in [0.25, 0.3) is 10.0 Å². The van der Waals surface area contributed by atoms with E-state index < -0.39 is 10.0 Å². The normalized spacial score (nSPS) is 17.8. The number of rotatable bonds is 5. The van der Waals surface area contributed by atoms with Crippen molar-refractivity contribution in [1.82, 2.24) is 19.8 Å². The van der Waals surface area contributed by atoms with E-state index in [1.807, 2.05) is 0 Å². The largest absolute Gasteiger partial charge is 0.301 e. The van der Waals surface area contributed by atoms with Crippen LogP contribution in [-0.4, -0.2) is 54.6 Å². The third-order valence-electron chi connectivity index (χ3n) is 3.50. The van der Waals surface area contributed by atoms with Crippen molar-refractivity contribution in [1.29, 1.82) is 0 Å². The van der Waals surface area contributed by atoms with Crippen molar-refractivity contribution in [3.05, 3.63) is 0 Å². The van der Waals surface area contributed by atoms with Crippen LogP contribution in [0.3, 0.4) is 0 Å². The van der Waals surface area contributed by atoms with E-state index in [-0.39, 0.29) is 21.4 Å². The number of nitrogens with zero attached hydrogens (tertiary/aromatic N) is 3. The number of amides is 1. The molecule has 1 amide bonds. The lowest BCUT2D eigenvalue weighted by Gasteiger charge is -2.34. The maximum atomic E-state index is 12.3. The zero-order valence-electron chi connectivity index (χ0n) is 12.9. The van der Waals surface area contributed by atoms with E-state index in [4.69, 9.17) is 0 Å². The van der Waals surface area contributed by atoms with Gasteiger partial charge >= 0.3 is 0 Å². The van der Waals surface area contributed by atoms with Crippen LogP contribution < -0.4 is 10.0 Å². The molecule has 10 heteroatoms. The Balaban J connectivity index is 1.97. The van der Waals surface area contributed by atoms with Gasteiger partial charge in [-0.1, -0.05) is 11.3 Å². The first-order valence-electron chi connectivity index (χ1n) is 7.15. The molecular weight excluding hydrogens is 326 g/mol. The molecule has 0 aliphatic carbocycles. The van der Waals surface area contributed by atoms with Crippen molar-refractivity contribution in [2.45, 2.75) is 50.0 Å². The van der Waals surface area contributed by atoms with E-state index in [1.165, 1.54) is 6.92 Å². The fraction of sp³-hybridized carbons (Fsp3) is 0.750. The third-order valence-corrected chi connectivity index (χ3v) is 6.23. The minimum absolute atomic E-state index is 0.0897. The summed E-state index contributed by atoms with van der Waals surface area (Å²) in [7, 11) is -3.69. The first-order chi connectivity index (χ1) is 10.3. The lowest BCUT2D eigenvalue weighted by atomic mass is 10.1. The maximum absolute atomic E-state index is 12.3. The van der Waals surface area contributed by atoms with Crippen molar-refractivity contribution in [2.24, 2.45) is 0 Å². The molecule has 0 unspecified atom stereocenters. The van der Waals surface area contributed by atoms with E-state index in [0.29, 0.717) is 6.04 Å². The number of nitrogens with one attached hydrogen (secondary N) is 2. The molecule has 0 bridgehead atoms. The molecule has 1 aromatic heterocycles. The van der Waals surface area contributed by atoms with Crippen molar-refractivity contribution in [2.75, 3.05) is 18.4 Å². The highest BCUT2D eigenvalue weighted by atomic mass is 32.2. The summed E-state index contributed by atoms with van der Waals surface area (Å²) in [6.45, 7) is 7.34. The van der Waals surface area contributed by atoms with E-state index in [9.17, 15) is 13.2 Å². The van der Waals surface area contributed by atoms with Gasteiger partial charge in [0.05, 0.1) is 0 Å². The molecule has 1 aliphatic heterocycles. The van der Waals surface area contributed by atoms with E-state index in [0.717, 1.165) is 37.3 Å². The van der Waals surface area contributed by atoms with Crippen molar-refractivity contribution < 1.29 is 13.2 Å². The minimum Gasteiger partial charge on any atom is -0.301 e. The van der Waals surface area contributed by atoms with Gasteiger partial charge in [-0.25, -0.2) is 13.1 Å². The first kappa shape index (κ1) is 17.3. The first-order valence-corrected chi connectivity index (χ1v) is 9.45. The zero-order chi connectivity index (χ0) is 16.3. The lowest BCUT2D eigenvalue weighted by molar-refractivity contribution is -0.114. The molecule has 2 heterocycles. The molecule has 1 fully saturated rings. The number of sulfonamides is 1. The van der Waals surface area contributed by atoms with Gasteiger partial charge in [-0.3, -0.25) is 4.79 Å². The Hall–Kier alpha value is -1.10. The quantitative estimate of drug-likeness (QED) is 0.758. The van der Waals surface area contributed by atoms with E-state index >= 15 is 0 Å². The zero-order valence-corrected chi connectivity index (χ0v) is 14.5. The second-order valence-electron chi connectivity index (χ2n) is 5.58. The molecule has 2 N–H and O–H groups in total. The molecule has 8 nitrogen and oxygen atoms in total. The molecule has 1 aromatic rings. The van der Waals surface area contributed by atoms with E-state index in [1.54, 1.807) is 0 Å². The average Bonchev–Trinajstić information content (AvgIpc) is 2.87. The summed E-state index contributed by atoms with van der Waals surface area (Å²) in [5.74, 6) is -0.311. The Morgan fingerprint density at radius 3 is 2.50 bits per heavy atom. The standard InChI is InChI=1S/C12H21N5O3S2/c1-8(2)17-6-4-10(5-7-17)16-22(19,20)12-15-14-11(21-12)13-9(3)18/h8,10,16H,4-7H2,1-3H3,(H,13,14,18). The minimum atomic E-state index is -3.69. The summed E-state index contributed by atoms with van der Waals surface area (Å²) in [6, 6.07) is 0.383. The van der Waals surface area contributed by atoms with Gasteiger partial charge in [-0.2, -0.15) is 0 Å². The highest BCUT2D eigenvalue weighted by molar-refractivity contribution is 7.91. The van der Waals surface area contributed by atoms with Crippen LogP contribution in [0.25, 0.3) is 0 Å². The van der Waals surface area contributed by atoms with Crippen LogP contribution in [0.15, 0.2) is 4.34 Å². The van der Waals surface area contributed by atoms with Crippen LogP contribution >= 0.6 is 11.3 Å². The molecule has 0 saturated carbocycles. The van der Waals surface area contributed by atoms with E-state index in [2.05, 4.69) is 39.0 Å². The third kappa shape index (κ3) is 4.45. The smallest absolute Gasteiger partial charge is 0.270 e. The molecule has 0 aromatic carbocycles. The molecule has 22 heavy (non-hydrogen) atoms. The predicted molar refractivity (Wildman–Crippen MR) is 84.3 cm³/mol. The summed E-state index contributed by atoms with van der Waals surface area (Å²) in [4.78, 5) is 13.3. The highest BCUT2D eigenvalue weighted by Crippen LogP contribution is 2.21. The van der Waals surface area contributed by atoms with Crippen molar-refractivity contribution in [3.8, 4) is 0 Å². The summed E-state index contributed by atoms with van der Waals surface area (Å²) in [6.07, 6.45) is 1.55. The SMILES string of the molecule is CC(=O)Nc1nnc(S(=O)(=O)NC2CCN(C(C)C)CC2)s1. The van der Waals surface area contributed by atoms with Crippen LogP contribution in [-0.2, 0) is 14.8 Å².